The predicted molar refractivity (Wildman–Crippen MR) is 92.8 cm³/mol. The number of alkyl carbamates (subject to hydrolysis) is 1. The predicted octanol–water partition coefficient (Wildman–Crippen LogP) is 1.89. The summed E-state index contributed by atoms with van der Waals surface area (Å²) >= 11 is 0. The molecule has 0 bridgehead atoms. The van der Waals surface area contributed by atoms with Crippen LogP contribution < -0.4 is 11.1 Å². The summed E-state index contributed by atoms with van der Waals surface area (Å²) < 4.78 is 15.0. The molecule has 2 atom stereocenters. The van der Waals surface area contributed by atoms with Gasteiger partial charge < -0.3 is 25.3 Å². The van der Waals surface area contributed by atoms with Crippen molar-refractivity contribution in [2.45, 2.75) is 84.1 Å². The van der Waals surface area contributed by atoms with Gasteiger partial charge in [-0.3, -0.25) is 4.79 Å². The topological polar surface area (TPSA) is 117 Å². The Kier molecular flexibility index (Phi) is 8.90. The van der Waals surface area contributed by atoms with Crippen molar-refractivity contribution < 1.29 is 28.6 Å². The molecule has 8 nitrogen and oxygen atoms in total. The Morgan fingerprint density at radius 1 is 1.00 bits per heavy atom. The quantitative estimate of drug-likeness (QED) is 0.526. The normalized spacial score (nSPS) is 14.2. The van der Waals surface area contributed by atoms with Crippen molar-refractivity contribution in [1.82, 2.24) is 5.32 Å². The van der Waals surface area contributed by atoms with Crippen molar-refractivity contribution >= 4 is 18.0 Å². The standard InChI is InChI=1S/C17H32N2O6/c1-16(2,3)24-12(20)10-8-9-11(18)13(14(21)23-7)19-15(22)25-17(4,5)6/h11,13H,8-10,18H2,1-7H3,(H,19,22)/t11-,13+/m0/s1. The van der Waals surface area contributed by atoms with Crippen molar-refractivity contribution in [2.75, 3.05) is 7.11 Å². The lowest BCUT2D eigenvalue weighted by molar-refractivity contribution is -0.154. The summed E-state index contributed by atoms with van der Waals surface area (Å²) in [6.45, 7) is 10.5. The summed E-state index contributed by atoms with van der Waals surface area (Å²) in [5, 5.41) is 2.42. The van der Waals surface area contributed by atoms with E-state index >= 15 is 0 Å². The minimum absolute atomic E-state index is 0.172. The molecule has 0 aliphatic carbocycles. The first-order valence-corrected chi connectivity index (χ1v) is 8.30. The Balaban J connectivity index is 4.60. The van der Waals surface area contributed by atoms with E-state index in [0.29, 0.717) is 12.8 Å². The zero-order valence-corrected chi connectivity index (χ0v) is 16.3. The molecule has 0 spiro atoms. The molecule has 8 heteroatoms. The molecular formula is C17H32N2O6. The highest BCUT2D eigenvalue weighted by molar-refractivity contribution is 5.82. The van der Waals surface area contributed by atoms with Gasteiger partial charge in [0.05, 0.1) is 7.11 Å². The SMILES string of the molecule is COC(=O)[C@H](NC(=O)OC(C)(C)C)[C@@H](N)CCCC(=O)OC(C)(C)C. The van der Waals surface area contributed by atoms with Crippen LogP contribution in [0.5, 0.6) is 0 Å². The molecule has 0 unspecified atom stereocenters. The minimum atomic E-state index is -1.06. The zero-order valence-electron chi connectivity index (χ0n) is 16.3. The fourth-order valence-corrected chi connectivity index (χ4v) is 1.94. The summed E-state index contributed by atoms with van der Waals surface area (Å²) in [7, 11) is 1.21. The molecule has 0 aromatic carbocycles. The van der Waals surface area contributed by atoms with Gasteiger partial charge >= 0.3 is 18.0 Å². The third-order valence-electron chi connectivity index (χ3n) is 2.89. The van der Waals surface area contributed by atoms with Crippen molar-refractivity contribution in [3.05, 3.63) is 0 Å². The number of hydrogen-bond acceptors (Lipinski definition) is 7. The Morgan fingerprint density at radius 3 is 1.96 bits per heavy atom. The molecule has 0 heterocycles. The van der Waals surface area contributed by atoms with Crippen molar-refractivity contribution in [3.8, 4) is 0 Å². The van der Waals surface area contributed by atoms with Gasteiger partial charge in [0.2, 0.25) is 0 Å². The van der Waals surface area contributed by atoms with E-state index in [1.807, 2.05) is 0 Å². The molecule has 0 aliphatic rings. The second kappa shape index (κ2) is 9.60. The molecule has 1 amide bonds. The molecule has 25 heavy (non-hydrogen) atoms. The fourth-order valence-electron chi connectivity index (χ4n) is 1.94. The summed E-state index contributed by atoms with van der Waals surface area (Å²) in [6.07, 6.45) is 0.158. The number of carbonyl (C=O) groups is 3. The van der Waals surface area contributed by atoms with Crippen molar-refractivity contribution in [3.63, 3.8) is 0 Å². The van der Waals surface area contributed by atoms with E-state index in [1.54, 1.807) is 41.5 Å². The number of carbonyl (C=O) groups excluding carboxylic acids is 3. The highest BCUT2D eigenvalue weighted by Crippen LogP contribution is 2.12. The van der Waals surface area contributed by atoms with E-state index in [9.17, 15) is 14.4 Å². The second-order valence-electron chi connectivity index (χ2n) is 7.79. The first kappa shape index (κ1) is 23.2. The third kappa shape index (κ3) is 11.4. The minimum Gasteiger partial charge on any atom is -0.467 e. The van der Waals surface area contributed by atoms with Crippen LogP contribution in [0, 0.1) is 0 Å². The molecule has 0 aromatic heterocycles. The molecule has 0 saturated heterocycles. The van der Waals surface area contributed by atoms with Crippen LogP contribution in [0.1, 0.15) is 60.8 Å². The molecule has 146 valence electrons. The van der Waals surface area contributed by atoms with E-state index in [0.717, 1.165) is 0 Å². The van der Waals surface area contributed by atoms with Gasteiger partial charge in [0.25, 0.3) is 0 Å². The summed E-state index contributed by atoms with van der Waals surface area (Å²) in [6, 6.07) is -1.78. The molecule has 3 N–H and O–H groups in total. The number of rotatable bonds is 7. The number of esters is 2. The van der Waals surface area contributed by atoms with Crippen molar-refractivity contribution in [2.24, 2.45) is 5.73 Å². The van der Waals surface area contributed by atoms with Crippen LogP contribution in [0.15, 0.2) is 0 Å². The maximum atomic E-state index is 11.9. The number of nitrogens with two attached hydrogens (primary N) is 1. The number of hydrogen-bond donors (Lipinski definition) is 2. The summed E-state index contributed by atoms with van der Waals surface area (Å²) in [5.74, 6) is -1.01. The average molecular weight is 360 g/mol. The van der Waals surface area contributed by atoms with E-state index < -0.39 is 35.3 Å². The van der Waals surface area contributed by atoms with Gasteiger partial charge in [0.1, 0.15) is 17.2 Å². The lowest BCUT2D eigenvalue weighted by Gasteiger charge is -2.25. The lowest BCUT2D eigenvalue weighted by Crippen LogP contribution is -2.53. The van der Waals surface area contributed by atoms with Gasteiger partial charge in [-0.05, 0) is 54.4 Å². The Labute approximate surface area is 149 Å². The van der Waals surface area contributed by atoms with Gasteiger partial charge in [-0.15, -0.1) is 0 Å². The molecule has 0 aliphatic heterocycles. The zero-order chi connectivity index (χ0) is 19.8. The van der Waals surface area contributed by atoms with Crippen LogP contribution in [0.25, 0.3) is 0 Å². The highest BCUT2D eigenvalue weighted by Gasteiger charge is 2.30. The van der Waals surface area contributed by atoms with E-state index in [2.05, 4.69) is 10.1 Å². The number of amides is 1. The van der Waals surface area contributed by atoms with E-state index in [-0.39, 0.29) is 12.4 Å². The van der Waals surface area contributed by atoms with Gasteiger partial charge in [-0.2, -0.15) is 0 Å². The van der Waals surface area contributed by atoms with Crippen LogP contribution in [0.4, 0.5) is 4.79 Å². The summed E-state index contributed by atoms with van der Waals surface area (Å²) in [4.78, 5) is 35.4. The van der Waals surface area contributed by atoms with Crippen LogP contribution in [-0.2, 0) is 23.8 Å². The number of ether oxygens (including phenoxy) is 3. The van der Waals surface area contributed by atoms with Gasteiger partial charge in [-0.25, -0.2) is 9.59 Å². The molecule has 0 fully saturated rings. The largest absolute Gasteiger partial charge is 0.467 e. The van der Waals surface area contributed by atoms with Crippen LogP contribution in [0.2, 0.25) is 0 Å². The Hall–Kier alpha value is -1.83. The smallest absolute Gasteiger partial charge is 0.408 e. The van der Waals surface area contributed by atoms with E-state index in [1.165, 1.54) is 7.11 Å². The van der Waals surface area contributed by atoms with Crippen LogP contribution >= 0.6 is 0 Å². The maximum absolute atomic E-state index is 11.9. The fraction of sp³-hybridized carbons (Fsp3) is 0.824. The maximum Gasteiger partial charge on any atom is 0.408 e. The second-order valence-corrected chi connectivity index (χ2v) is 7.79. The molecule has 0 aromatic rings. The summed E-state index contributed by atoms with van der Waals surface area (Å²) in [5.41, 5.74) is 4.74. The molecule has 0 saturated carbocycles. The molecular weight excluding hydrogens is 328 g/mol. The van der Waals surface area contributed by atoms with Crippen LogP contribution in [-0.4, -0.2) is 48.4 Å². The first-order chi connectivity index (χ1) is 11.2. The number of nitrogens with one attached hydrogen (secondary N) is 1. The number of methoxy groups -OCH3 is 1. The Bertz CT molecular complexity index is 465. The first-order valence-electron chi connectivity index (χ1n) is 8.30. The van der Waals surface area contributed by atoms with Crippen LogP contribution in [0.3, 0.4) is 0 Å². The monoisotopic (exact) mass is 360 g/mol. The molecule has 0 radical (unpaired) electrons. The Morgan fingerprint density at radius 2 is 1.52 bits per heavy atom. The van der Waals surface area contributed by atoms with E-state index in [4.69, 9.17) is 15.2 Å². The van der Waals surface area contributed by atoms with Gasteiger partial charge in [0, 0.05) is 12.5 Å². The highest BCUT2D eigenvalue weighted by atomic mass is 16.6. The molecule has 0 rings (SSSR count). The van der Waals surface area contributed by atoms with Gasteiger partial charge in [0.15, 0.2) is 0 Å². The van der Waals surface area contributed by atoms with Crippen molar-refractivity contribution in [1.29, 1.82) is 0 Å². The lowest BCUT2D eigenvalue weighted by atomic mass is 10.0. The van der Waals surface area contributed by atoms with Gasteiger partial charge in [-0.1, -0.05) is 0 Å². The third-order valence-corrected chi connectivity index (χ3v) is 2.89. The average Bonchev–Trinajstić information content (AvgIpc) is 2.39.